The van der Waals surface area contributed by atoms with Crippen molar-refractivity contribution in [2.24, 2.45) is 4.99 Å². The van der Waals surface area contributed by atoms with E-state index in [2.05, 4.69) is 42.3 Å². The number of fused-ring (bicyclic) bond motifs is 2. The third-order valence-electron chi connectivity index (χ3n) is 9.20. The molecule has 0 aromatic heterocycles. The van der Waals surface area contributed by atoms with Crippen molar-refractivity contribution < 1.29 is 28.4 Å². The number of methoxy groups -OCH3 is 3. The molecule has 0 saturated heterocycles. The molecule has 4 aromatic carbocycles. The fourth-order valence-electron chi connectivity index (χ4n) is 6.98. The second-order valence-corrected chi connectivity index (χ2v) is 11.7. The molecule has 0 saturated carbocycles. The van der Waals surface area contributed by atoms with Crippen LogP contribution in [0.2, 0.25) is 0 Å². The van der Waals surface area contributed by atoms with Crippen LogP contribution in [0.5, 0.6) is 51.7 Å². The summed E-state index contributed by atoms with van der Waals surface area (Å²) in [6.45, 7) is 1.60. The van der Waals surface area contributed by atoms with Gasteiger partial charge in [-0.05, 0) is 85.0 Å². The Kier molecular flexibility index (Phi) is 6.41. The van der Waals surface area contributed by atoms with Gasteiger partial charge >= 0.3 is 0 Å². The van der Waals surface area contributed by atoms with E-state index < -0.39 is 0 Å². The maximum atomic E-state index is 6.93. The Balaban J connectivity index is 1.36. The number of rotatable bonds is 3. The van der Waals surface area contributed by atoms with Gasteiger partial charge in [0.15, 0.2) is 34.5 Å². The molecule has 44 heavy (non-hydrogen) atoms. The van der Waals surface area contributed by atoms with Crippen LogP contribution in [0, 0.1) is 0 Å². The zero-order valence-electron chi connectivity index (χ0n) is 25.4. The Morgan fingerprint density at radius 3 is 2.36 bits per heavy atom. The van der Waals surface area contributed by atoms with Gasteiger partial charge in [0.2, 0.25) is 11.5 Å². The lowest BCUT2D eigenvalue weighted by Crippen LogP contribution is -2.34. The molecule has 8 heteroatoms. The van der Waals surface area contributed by atoms with Crippen molar-refractivity contribution >= 4 is 5.71 Å². The highest BCUT2D eigenvalue weighted by molar-refractivity contribution is 6.07. The highest BCUT2D eigenvalue weighted by Crippen LogP contribution is 2.59. The maximum Gasteiger partial charge on any atom is 0.212 e. The summed E-state index contributed by atoms with van der Waals surface area (Å²) in [5.74, 6) is 5.89. The highest BCUT2D eigenvalue weighted by Gasteiger charge is 2.38. The SMILES string of the molecule is COc1ccc2cc1Oc1ccc(cc1)C[C@@H]1c3c(cc(OC)c4c3Oc3c(cc5c(c3OC)C(=NCC5)C2)O4)CCN1C. The van der Waals surface area contributed by atoms with Crippen molar-refractivity contribution in [2.45, 2.75) is 31.7 Å². The molecule has 0 N–H and O–H groups in total. The molecule has 5 aliphatic heterocycles. The maximum absolute atomic E-state index is 6.93. The molecule has 0 aliphatic carbocycles. The van der Waals surface area contributed by atoms with Crippen LogP contribution in [0.3, 0.4) is 0 Å². The summed E-state index contributed by atoms with van der Waals surface area (Å²) < 4.78 is 37.7. The van der Waals surface area contributed by atoms with Crippen molar-refractivity contribution in [1.82, 2.24) is 4.90 Å². The second kappa shape index (κ2) is 10.5. The molecular formula is C36H34N2O6. The average molecular weight is 591 g/mol. The zero-order chi connectivity index (χ0) is 29.9. The molecule has 0 amide bonds. The van der Waals surface area contributed by atoms with Gasteiger partial charge in [0.1, 0.15) is 5.75 Å². The molecule has 4 aromatic rings. The lowest BCUT2D eigenvalue weighted by atomic mass is 9.87. The minimum atomic E-state index is 0.0618. The third-order valence-corrected chi connectivity index (χ3v) is 9.20. The van der Waals surface area contributed by atoms with E-state index in [1.54, 1.807) is 21.3 Å². The van der Waals surface area contributed by atoms with Gasteiger partial charge in [-0.1, -0.05) is 18.2 Å². The van der Waals surface area contributed by atoms with Crippen LogP contribution >= 0.6 is 0 Å². The third kappa shape index (κ3) is 4.27. The number of ether oxygens (including phenoxy) is 6. The molecule has 5 aliphatic rings. The highest BCUT2D eigenvalue weighted by atomic mass is 16.6. The van der Waals surface area contributed by atoms with Crippen molar-refractivity contribution in [2.75, 3.05) is 41.5 Å². The minimum Gasteiger partial charge on any atom is -0.493 e. The summed E-state index contributed by atoms with van der Waals surface area (Å²) in [4.78, 5) is 7.38. The summed E-state index contributed by atoms with van der Waals surface area (Å²) in [5, 5.41) is 0. The van der Waals surface area contributed by atoms with Gasteiger partial charge in [0, 0.05) is 36.7 Å². The quantitative estimate of drug-likeness (QED) is 0.223. The van der Waals surface area contributed by atoms with E-state index >= 15 is 0 Å². The molecule has 9 rings (SSSR count). The number of aliphatic imine (C=N–C) groups is 1. The van der Waals surface area contributed by atoms with Crippen molar-refractivity contribution in [3.05, 3.63) is 88.0 Å². The Hall–Kier alpha value is -4.69. The van der Waals surface area contributed by atoms with Gasteiger partial charge in [0.05, 0.1) is 27.0 Å². The Morgan fingerprint density at radius 2 is 1.57 bits per heavy atom. The summed E-state index contributed by atoms with van der Waals surface area (Å²) in [6, 6.07) is 18.6. The van der Waals surface area contributed by atoms with Crippen LogP contribution in [0.15, 0.2) is 59.6 Å². The molecule has 7 bridgehead atoms. The first kappa shape index (κ1) is 26.9. The Bertz CT molecular complexity index is 1830. The first-order valence-electron chi connectivity index (χ1n) is 15.1. The predicted molar refractivity (Wildman–Crippen MR) is 167 cm³/mol. The fourth-order valence-corrected chi connectivity index (χ4v) is 6.98. The van der Waals surface area contributed by atoms with Crippen LogP contribution in [0.4, 0.5) is 0 Å². The predicted octanol–water partition coefficient (Wildman–Crippen LogP) is 7.08. The van der Waals surface area contributed by atoms with E-state index in [4.69, 9.17) is 33.4 Å². The molecule has 224 valence electrons. The Labute approximate surface area is 256 Å². The molecule has 0 fully saturated rings. The molecule has 1 atom stereocenters. The van der Waals surface area contributed by atoms with Crippen LogP contribution in [-0.4, -0.2) is 52.1 Å². The number of hydrogen-bond donors (Lipinski definition) is 0. The number of benzene rings is 4. The monoisotopic (exact) mass is 590 g/mol. The topological polar surface area (TPSA) is 71.0 Å². The lowest BCUT2D eigenvalue weighted by molar-refractivity contribution is 0.219. The number of nitrogens with zero attached hydrogens (tertiary/aromatic N) is 2. The van der Waals surface area contributed by atoms with Crippen LogP contribution in [0.25, 0.3) is 0 Å². The standard InChI is InChI=1S/C36H34N2O6/c1-38-14-12-23-18-29(40-3)33-36-32(23)26(38)16-20-5-8-24(9-6-20)42-28-17-21(7-10-27(28)39-2)15-25-31-22(11-13-37-25)19-30(43-33)34(44-36)35(31)41-4/h5-10,17-19,26H,11-16H2,1-4H3/t26-/m1/s1. The first-order chi connectivity index (χ1) is 21.5. The van der Waals surface area contributed by atoms with Gasteiger partial charge in [-0.2, -0.15) is 0 Å². The first-order valence-corrected chi connectivity index (χ1v) is 15.1. The molecular weight excluding hydrogens is 556 g/mol. The van der Waals surface area contributed by atoms with Gasteiger partial charge in [-0.25, -0.2) is 0 Å². The molecule has 0 unspecified atom stereocenters. The smallest absolute Gasteiger partial charge is 0.212 e. The van der Waals surface area contributed by atoms with Crippen molar-refractivity contribution in [3.63, 3.8) is 0 Å². The van der Waals surface area contributed by atoms with Gasteiger partial charge in [-0.3, -0.25) is 9.89 Å². The summed E-state index contributed by atoms with van der Waals surface area (Å²) in [5.41, 5.74) is 7.59. The number of likely N-dealkylation sites (N-methyl/N-ethyl adjacent to an activating group) is 1. The van der Waals surface area contributed by atoms with Crippen molar-refractivity contribution in [1.29, 1.82) is 0 Å². The summed E-state index contributed by atoms with van der Waals surface area (Å²) in [6.07, 6.45) is 3.04. The van der Waals surface area contributed by atoms with Gasteiger partial charge in [-0.15, -0.1) is 0 Å². The molecule has 0 spiro atoms. The minimum absolute atomic E-state index is 0.0618. The second-order valence-electron chi connectivity index (χ2n) is 11.7. The Morgan fingerprint density at radius 1 is 0.750 bits per heavy atom. The normalized spacial score (nSPS) is 17.8. The van der Waals surface area contributed by atoms with Crippen LogP contribution in [0.1, 0.15) is 39.4 Å². The molecule has 0 radical (unpaired) electrons. The zero-order valence-corrected chi connectivity index (χ0v) is 25.4. The van der Waals surface area contributed by atoms with E-state index in [0.29, 0.717) is 59.0 Å². The van der Waals surface area contributed by atoms with E-state index in [1.165, 1.54) is 11.1 Å². The molecule has 5 heterocycles. The van der Waals surface area contributed by atoms with Crippen LogP contribution in [-0.2, 0) is 25.7 Å². The van der Waals surface area contributed by atoms with Gasteiger partial charge < -0.3 is 28.4 Å². The largest absolute Gasteiger partial charge is 0.493 e. The van der Waals surface area contributed by atoms with E-state index in [0.717, 1.165) is 59.5 Å². The fraction of sp³-hybridized carbons (Fsp3) is 0.306. The summed E-state index contributed by atoms with van der Waals surface area (Å²) in [7, 11) is 7.20. The van der Waals surface area contributed by atoms with Gasteiger partial charge in [0.25, 0.3) is 0 Å². The molecule has 8 nitrogen and oxygen atoms in total. The number of hydrogen-bond acceptors (Lipinski definition) is 8. The van der Waals surface area contributed by atoms with E-state index in [9.17, 15) is 0 Å². The van der Waals surface area contributed by atoms with Crippen molar-refractivity contribution in [3.8, 4) is 51.7 Å². The lowest BCUT2D eigenvalue weighted by Gasteiger charge is -2.38. The van der Waals surface area contributed by atoms with Crippen LogP contribution < -0.4 is 28.4 Å². The van der Waals surface area contributed by atoms with E-state index in [1.807, 2.05) is 24.3 Å². The summed E-state index contributed by atoms with van der Waals surface area (Å²) >= 11 is 0. The average Bonchev–Trinajstić information content (AvgIpc) is 3.04. The van der Waals surface area contributed by atoms with E-state index in [-0.39, 0.29) is 6.04 Å².